The summed E-state index contributed by atoms with van der Waals surface area (Å²) in [7, 11) is 3.41. The summed E-state index contributed by atoms with van der Waals surface area (Å²) in [4.78, 5) is 0. The van der Waals surface area contributed by atoms with Crippen molar-refractivity contribution in [3.8, 4) is 17.2 Å². The summed E-state index contributed by atoms with van der Waals surface area (Å²) in [6.07, 6.45) is 1.35. The van der Waals surface area contributed by atoms with Gasteiger partial charge in [0.25, 0.3) is 0 Å². The largest absolute Gasteiger partial charge is 0.508 e. The molecule has 1 N–H and O–H groups in total. The standard InChI is InChI=1S/C25H28O3/c1-16-6-8-23(26)19(10-16)14-21-12-18(3)13-22(25(21)28-5)15-20-11-17(2)7-9-24(20)27-4/h6-13,26H,14-15H2,1-5H3. The number of hydrogen-bond acceptors (Lipinski definition) is 3. The van der Waals surface area contributed by atoms with Crippen LogP contribution in [0.1, 0.15) is 38.9 Å². The lowest BCUT2D eigenvalue weighted by molar-refractivity contribution is 0.402. The van der Waals surface area contributed by atoms with E-state index < -0.39 is 0 Å². The number of aromatic hydroxyl groups is 1. The molecule has 3 aromatic carbocycles. The zero-order valence-corrected chi connectivity index (χ0v) is 17.3. The van der Waals surface area contributed by atoms with Gasteiger partial charge in [-0.1, -0.05) is 53.1 Å². The minimum absolute atomic E-state index is 0.316. The molecule has 0 amide bonds. The molecule has 0 fully saturated rings. The zero-order chi connectivity index (χ0) is 20.3. The van der Waals surface area contributed by atoms with E-state index in [0.717, 1.165) is 45.7 Å². The summed E-state index contributed by atoms with van der Waals surface area (Å²) in [5, 5.41) is 10.3. The molecule has 0 spiro atoms. The third-order valence-corrected chi connectivity index (χ3v) is 5.02. The Morgan fingerprint density at radius 1 is 0.643 bits per heavy atom. The lowest BCUT2D eigenvalue weighted by atomic mass is 9.94. The van der Waals surface area contributed by atoms with Crippen molar-refractivity contribution < 1.29 is 14.6 Å². The van der Waals surface area contributed by atoms with Gasteiger partial charge >= 0.3 is 0 Å². The maximum atomic E-state index is 10.3. The maximum absolute atomic E-state index is 10.3. The van der Waals surface area contributed by atoms with Crippen molar-refractivity contribution in [3.05, 3.63) is 87.5 Å². The average molecular weight is 376 g/mol. The van der Waals surface area contributed by atoms with E-state index in [4.69, 9.17) is 9.47 Å². The summed E-state index contributed by atoms with van der Waals surface area (Å²) < 4.78 is 11.4. The predicted octanol–water partition coefficient (Wildman–Crippen LogP) is 5.52. The summed E-state index contributed by atoms with van der Waals surface area (Å²) in [5.41, 5.74) is 7.73. The second-order valence-electron chi connectivity index (χ2n) is 7.42. The Morgan fingerprint density at radius 2 is 1.18 bits per heavy atom. The molecule has 0 unspecified atom stereocenters. The Hall–Kier alpha value is -2.94. The Labute approximate surface area is 167 Å². The first-order chi connectivity index (χ1) is 13.4. The molecule has 3 aromatic rings. The van der Waals surface area contributed by atoms with Crippen LogP contribution in [0.3, 0.4) is 0 Å². The molecule has 3 nitrogen and oxygen atoms in total. The van der Waals surface area contributed by atoms with Gasteiger partial charge in [0.15, 0.2) is 0 Å². The van der Waals surface area contributed by atoms with Gasteiger partial charge in [-0.05, 0) is 55.2 Å². The monoisotopic (exact) mass is 376 g/mol. The molecule has 0 saturated heterocycles. The fraction of sp³-hybridized carbons (Fsp3) is 0.280. The van der Waals surface area contributed by atoms with E-state index in [1.807, 2.05) is 25.1 Å². The molecule has 28 heavy (non-hydrogen) atoms. The molecule has 0 bridgehead atoms. The van der Waals surface area contributed by atoms with Crippen LogP contribution in [0.5, 0.6) is 17.2 Å². The van der Waals surface area contributed by atoms with Crippen LogP contribution in [-0.4, -0.2) is 19.3 Å². The van der Waals surface area contributed by atoms with Gasteiger partial charge in [-0.15, -0.1) is 0 Å². The average Bonchev–Trinajstić information content (AvgIpc) is 2.65. The molecular formula is C25H28O3. The highest BCUT2D eigenvalue weighted by Gasteiger charge is 2.15. The quantitative estimate of drug-likeness (QED) is 0.616. The number of methoxy groups -OCH3 is 2. The van der Waals surface area contributed by atoms with Crippen LogP contribution in [0, 0.1) is 20.8 Å². The van der Waals surface area contributed by atoms with Crippen molar-refractivity contribution in [3.63, 3.8) is 0 Å². The molecule has 146 valence electrons. The van der Waals surface area contributed by atoms with Crippen molar-refractivity contribution >= 4 is 0 Å². The summed E-state index contributed by atoms with van der Waals surface area (Å²) >= 11 is 0. The fourth-order valence-electron chi connectivity index (χ4n) is 3.77. The van der Waals surface area contributed by atoms with Crippen molar-refractivity contribution in [1.82, 2.24) is 0 Å². The molecule has 0 aliphatic carbocycles. The normalized spacial score (nSPS) is 10.8. The highest BCUT2D eigenvalue weighted by molar-refractivity contribution is 5.52. The first-order valence-corrected chi connectivity index (χ1v) is 9.49. The van der Waals surface area contributed by atoms with Gasteiger partial charge in [-0.25, -0.2) is 0 Å². The van der Waals surface area contributed by atoms with Crippen LogP contribution in [-0.2, 0) is 12.8 Å². The van der Waals surface area contributed by atoms with Gasteiger partial charge in [0.2, 0.25) is 0 Å². The number of ether oxygens (including phenoxy) is 2. The number of benzene rings is 3. The van der Waals surface area contributed by atoms with Crippen molar-refractivity contribution in [2.45, 2.75) is 33.6 Å². The van der Waals surface area contributed by atoms with E-state index in [0.29, 0.717) is 12.2 Å². The van der Waals surface area contributed by atoms with E-state index in [-0.39, 0.29) is 0 Å². The molecular weight excluding hydrogens is 348 g/mol. The van der Waals surface area contributed by atoms with Crippen LogP contribution >= 0.6 is 0 Å². The molecule has 0 aliphatic rings. The molecule has 0 saturated carbocycles. The van der Waals surface area contributed by atoms with E-state index in [1.54, 1.807) is 20.3 Å². The number of phenols is 1. The molecule has 0 aromatic heterocycles. The smallest absolute Gasteiger partial charge is 0.125 e. The minimum atomic E-state index is 0.316. The fourth-order valence-corrected chi connectivity index (χ4v) is 3.77. The second-order valence-corrected chi connectivity index (χ2v) is 7.42. The van der Waals surface area contributed by atoms with Crippen LogP contribution in [0.4, 0.5) is 0 Å². The topological polar surface area (TPSA) is 38.7 Å². The number of hydrogen-bond donors (Lipinski definition) is 1. The van der Waals surface area contributed by atoms with E-state index in [9.17, 15) is 5.11 Å². The molecule has 0 radical (unpaired) electrons. The second kappa shape index (κ2) is 8.39. The van der Waals surface area contributed by atoms with Crippen LogP contribution in [0.15, 0.2) is 48.5 Å². The van der Waals surface area contributed by atoms with Gasteiger partial charge in [0.05, 0.1) is 14.2 Å². The van der Waals surface area contributed by atoms with Crippen molar-refractivity contribution in [2.75, 3.05) is 14.2 Å². The molecule has 3 rings (SSSR count). The van der Waals surface area contributed by atoms with Crippen molar-refractivity contribution in [1.29, 1.82) is 0 Å². The lowest BCUT2D eigenvalue weighted by Gasteiger charge is -2.17. The van der Waals surface area contributed by atoms with Gasteiger partial charge in [-0.2, -0.15) is 0 Å². The van der Waals surface area contributed by atoms with E-state index in [2.05, 4.69) is 38.1 Å². The van der Waals surface area contributed by atoms with Gasteiger partial charge in [-0.3, -0.25) is 0 Å². The van der Waals surface area contributed by atoms with Gasteiger partial charge in [0.1, 0.15) is 17.2 Å². The maximum Gasteiger partial charge on any atom is 0.125 e. The summed E-state index contributed by atoms with van der Waals surface area (Å²) in [5.74, 6) is 2.07. The van der Waals surface area contributed by atoms with E-state index >= 15 is 0 Å². The molecule has 3 heteroatoms. The predicted molar refractivity (Wildman–Crippen MR) is 114 cm³/mol. The Kier molecular flexibility index (Phi) is 5.93. The third kappa shape index (κ3) is 4.30. The lowest BCUT2D eigenvalue weighted by Crippen LogP contribution is -2.02. The van der Waals surface area contributed by atoms with Crippen LogP contribution < -0.4 is 9.47 Å². The molecule has 0 atom stereocenters. The number of aryl methyl sites for hydroxylation is 3. The van der Waals surface area contributed by atoms with Gasteiger partial charge < -0.3 is 14.6 Å². The summed E-state index contributed by atoms with van der Waals surface area (Å²) in [6, 6.07) is 16.2. The van der Waals surface area contributed by atoms with Crippen LogP contribution in [0.25, 0.3) is 0 Å². The highest BCUT2D eigenvalue weighted by Crippen LogP contribution is 2.33. The van der Waals surface area contributed by atoms with Crippen molar-refractivity contribution in [2.24, 2.45) is 0 Å². The number of phenolic OH excluding ortho intramolecular Hbond substituents is 1. The number of rotatable bonds is 6. The Balaban J connectivity index is 2.04. The SMILES string of the molecule is COc1ccc(C)cc1Cc1cc(C)cc(Cc2cc(C)ccc2O)c1OC. The summed E-state index contributed by atoms with van der Waals surface area (Å²) in [6.45, 7) is 6.21. The Bertz CT molecular complexity index is 989. The molecule has 0 heterocycles. The van der Waals surface area contributed by atoms with E-state index in [1.165, 1.54) is 11.1 Å². The van der Waals surface area contributed by atoms with Gasteiger partial charge in [0, 0.05) is 12.8 Å². The Morgan fingerprint density at radius 3 is 1.79 bits per heavy atom. The first kappa shape index (κ1) is 19.8. The van der Waals surface area contributed by atoms with Crippen LogP contribution in [0.2, 0.25) is 0 Å². The molecule has 0 aliphatic heterocycles. The first-order valence-electron chi connectivity index (χ1n) is 9.49. The minimum Gasteiger partial charge on any atom is -0.508 e. The zero-order valence-electron chi connectivity index (χ0n) is 17.3. The third-order valence-electron chi connectivity index (χ3n) is 5.02. The highest BCUT2D eigenvalue weighted by atomic mass is 16.5.